The Hall–Kier alpha value is -2.39. The van der Waals surface area contributed by atoms with Crippen LogP contribution in [0.3, 0.4) is 0 Å². The minimum atomic E-state index is -1.18. The molecule has 0 aliphatic carbocycles. The van der Waals surface area contributed by atoms with Gasteiger partial charge in [-0.1, -0.05) is 6.58 Å². The molecule has 0 aliphatic heterocycles. The number of anilines is 1. The standard InChI is InChI=1S/C14H19N3O5S/c1-8(17-21-5)6-9(11(18)19)10-7-23-12(15-10)16-13(20)22-14(2,3)4/h6-7,17H,1H2,2-5H3,(H,18,19)(H,15,16,20). The van der Waals surface area contributed by atoms with E-state index in [-0.39, 0.29) is 22.1 Å². The summed E-state index contributed by atoms with van der Waals surface area (Å²) in [7, 11) is 1.38. The molecule has 0 fully saturated rings. The van der Waals surface area contributed by atoms with Crippen LogP contribution in [-0.2, 0) is 14.4 Å². The number of nitrogens with zero attached hydrogens (tertiary/aromatic N) is 1. The first-order valence-electron chi connectivity index (χ1n) is 6.51. The van der Waals surface area contributed by atoms with Crippen LogP contribution in [0.5, 0.6) is 0 Å². The van der Waals surface area contributed by atoms with Gasteiger partial charge in [0.25, 0.3) is 0 Å². The number of nitrogens with one attached hydrogen (secondary N) is 2. The summed E-state index contributed by atoms with van der Waals surface area (Å²) in [5.74, 6) is -1.18. The number of ether oxygens (including phenoxy) is 1. The van der Waals surface area contributed by atoms with Crippen LogP contribution in [0.15, 0.2) is 23.7 Å². The molecule has 1 aromatic rings. The SMILES string of the molecule is C=C(C=C(C(=O)O)c1csc(NC(=O)OC(C)(C)C)n1)NOC. The van der Waals surface area contributed by atoms with Gasteiger partial charge in [-0.15, -0.1) is 11.3 Å². The fourth-order valence-electron chi connectivity index (χ4n) is 1.43. The lowest BCUT2D eigenvalue weighted by atomic mass is 10.2. The molecule has 1 heterocycles. The molecule has 23 heavy (non-hydrogen) atoms. The molecule has 126 valence electrons. The fraction of sp³-hybridized carbons (Fsp3) is 0.357. The lowest BCUT2D eigenvalue weighted by Gasteiger charge is -2.18. The van der Waals surface area contributed by atoms with Gasteiger partial charge < -0.3 is 9.84 Å². The van der Waals surface area contributed by atoms with Gasteiger partial charge in [0.05, 0.1) is 24.1 Å². The van der Waals surface area contributed by atoms with Crippen molar-refractivity contribution in [1.82, 2.24) is 10.5 Å². The Morgan fingerprint density at radius 3 is 2.61 bits per heavy atom. The summed E-state index contributed by atoms with van der Waals surface area (Å²) in [6.07, 6.45) is 0.614. The second kappa shape index (κ2) is 7.75. The maximum atomic E-state index is 11.7. The summed E-state index contributed by atoms with van der Waals surface area (Å²) >= 11 is 1.08. The summed E-state index contributed by atoms with van der Waals surface area (Å²) in [6.45, 7) is 8.80. The molecule has 0 unspecified atom stereocenters. The van der Waals surface area contributed by atoms with Gasteiger partial charge in [-0.2, -0.15) is 0 Å². The van der Waals surface area contributed by atoms with Crippen molar-refractivity contribution in [3.05, 3.63) is 29.4 Å². The Kier molecular flexibility index (Phi) is 6.28. The molecule has 0 spiro atoms. The molecule has 0 aliphatic rings. The van der Waals surface area contributed by atoms with Crippen LogP contribution in [0.25, 0.3) is 5.57 Å². The number of carboxylic acids is 1. The number of allylic oxidation sites excluding steroid dienone is 1. The molecule has 8 nitrogen and oxygen atoms in total. The van der Waals surface area contributed by atoms with Crippen molar-refractivity contribution in [2.75, 3.05) is 12.4 Å². The maximum Gasteiger partial charge on any atom is 0.413 e. The second-order valence-electron chi connectivity index (χ2n) is 5.36. The molecule has 3 N–H and O–H groups in total. The Bertz CT molecular complexity index is 631. The van der Waals surface area contributed by atoms with Crippen molar-refractivity contribution in [3.63, 3.8) is 0 Å². The zero-order valence-corrected chi connectivity index (χ0v) is 14.1. The summed E-state index contributed by atoms with van der Waals surface area (Å²) in [5, 5.41) is 13.5. The molecule has 1 amide bonds. The smallest absolute Gasteiger partial charge is 0.413 e. The van der Waals surface area contributed by atoms with Gasteiger partial charge >= 0.3 is 12.1 Å². The van der Waals surface area contributed by atoms with E-state index in [0.29, 0.717) is 0 Å². The van der Waals surface area contributed by atoms with E-state index in [4.69, 9.17) is 4.74 Å². The number of hydroxylamine groups is 1. The minimum Gasteiger partial charge on any atom is -0.478 e. The first kappa shape index (κ1) is 18.7. The molecule has 0 aromatic carbocycles. The Morgan fingerprint density at radius 2 is 2.09 bits per heavy atom. The molecule has 0 saturated heterocycles. The Labute approximate surface area is 137 Å². The average Bonchev–Trinajstić information content (AvgIpc) is 2.81. The molecular formula is C14H19N3O5S. The van der Waals surface area contributed by atoms with E-state index >= 15 is 0 Å². The predicted octanol–water partition coefficient (Wildman–Crippen LogP) is 2.62. The van der Waals surface area contributed by atoms with Crippen molar-refractivity contribution < 1.29 is 24.3 Å². The van der Waals surface area contributed by atoms with Crippen LogP contribution in [0.1, 0.15) is 26.5 Å². The van der Waals surface area contributed by atoms with Gasteiger partial charge in [0.2, 0.25) is 0 Å². The van der Waals surface area contributed by atoms with Crippen molar-refractivity contribution in [1.29, 1.82) is 0 Å². The van der Waals surface area contributed by atoms with Crippen molar-refractivity contribution in [2.24, 2.45) is 0 Å². The third-order valence-corrected chi connectivity index (χ3v) is 2.93. The van der Waals surface area contributed by atoms with Crippen LogP contribution in [0, 0.1) is 0 Å². The van der Waals surface area contributed by atoms with E-state index in [1.165, 1.54) is 18.6 Å². The van der Waals surface area contributed by atoms with Gasteiger partial charge in [0, 0.05) is 5.38 Å². The van der Waals surface area contributed by atoms with Gasteiger partial charge in [0.15, 0.2) is 5.13 Å². The molecular weight excluding hydrogens is 322 g/mol. The highest BCUT2D eigenvalue weighted by atomic mass is 32.1. The zero-order chi connectivity index (χ0) is 17.6. The van der Waals surface area contributed by atoms with Crippen molar-refractivity contribution >= 4 is 34.1 Å². The highest BCUT2D eigenvalue weighted by molar-refractivity contribution is 7.14. The highest BCUT2D eigenvalue weighted by Gasteiger charge is 2.19. The zero-order valence-electron chi connectivity index (χ0n) is 13.3. The van der Waals surface area contributed by atoms with Crippen LogP contribution < -0.4 is 10.8 Å². The second-order valence-corrected chi connectivity index (χ2v) is 6.22. The summed E-state index contributed by atoms with van der Waals surface area (Å²) in [6, 6.07) is 0. The number of carbonyl (C=O) groups excluding carboxylic acids is 1. The van der Waals surface area contributed by atoms with Crippen LogP contribution in [0.2, 0.25) is 0 Å². The third-order valence-electron chi connectivity index (χ3n) is 2.17. The lowest BCUT2D eigenvalue weighted by molar-refractivity contribution is -0.130. The molecule has 1 aromatic heterocycles. The lowest BCUT2D eigenvalue weighted by Crippen LogP contribution is -2.27. The summed E-state index contributed by atoms with van der Waals surface area (Å²) in [4.78, 5) is 31.7. The van der Waals surface area contributed by atoms with Crippen LogP contribution >= 0.6 is 11.3 Å². The molecule has 0 atom stereocenters. The average molecular weight is 341 g/mol. The van der Waals surface area contributed by atoms with E-state index in [1.54, 1.807) is 20.8 Å². The predicted molar refractivity (Wildman–Crippen MR) is 86.9 cm³/mol. The van der Waals surface area contributed by atoms with Crippen molar-refractivity contribution in [3.8, 4) is 0 Å². The number of hydrogen-bond acceptors (Lipinski definition) is 7. The van der Waals surface area contributed by atoms with E-state index in [1.807, 2.05) is 0 Å². The van der Waals surface area contributed by atoms with Gasteiger partial charge in [-0.25, -0.2) is 14.6 Å². The number of rotatable bonds is 6. The van der Waals surface area contributed by atoms with E-state index in [9.17, 15) is 14.7 Å². The number of carboxylic acid groups (broad SMARTS) is 1. The van der Waals surface area contributed by atoms with Gasteiger partial charge in [-0.05, 0) is 26.8 Å². The molecule has 1 rings (SSSR count). The Balaban J connectivity index is 2.89. The quantitative estimate of drug-likeness (QED) is 0.414. The summed E-state index contributed by atoms with van der Waals surface area (Å²) < 4.78 is 5.10. The first-order chi connectivity index (χ1) is 10.6. The van der Waals surface area contributed by atoms with Crippen LogP contribution in [0.4, 0.5) is 9.93 Å². The number of hydrogen-bond donors (Lipinski definition) is 3. The topological polar surface area (TPSA) is 110 Å². The highest BCUT2D eigenvalue weighted by Crippen LogP contribution is 2.23. The minimum absolute atomic E-state index is 0.0898. The number of aliphatic carboxylic acids is 1. The van der Waals surface area contributed by atoms with Crippen LogP contribution in [-0.4, -0.2) is 34.9 Å². The molecule has 9 heteroatoms. The Morgan fingerprint density at radius 1 is 1.43 bits per heavy atom. The fourth-order valence-corrected chi connectivity index (χ4v) is 2.12. The normalized spacial score (nSPS) is 11.7. The first-order valence-corrected chi connectivity index (χ1v) is 7.39. The van der Waals surface area contributed by atoms with Crippen molar-refractivity contribution in [2.45, 2.75) is 26.4 Å². The van der Waals surface area contributed by atoms with E-state index < -0.39 is 17.7 Å². The molecule has 0 saturated carbocycles. The van der Waals surface area contributed by atoms with E-state index in [2.05, 4.69) is 27.2 Å². The van der Waals surface area contributed by atoms with E-state index in [0.717, 1.165) is 11.3 Å². The third kappa shape index (κ3) is 6.49. The van der Waals surface area contributed by atoms with Gasteiger partial charge in [0.1, 0.15) is 5.60 Å². The number of amides is 1. The number of carbonyl (C=O) groups is 2. The molecule has 0 bridgehead atoms. The summed E-state index contributed by atoms with van der Waals surface area (Å²) in [5.41, 5.74) is 2.13. The number of aromatic nitrogens is 1. The largest absolute Gasteiger partial charge is 0.478 e. The maximum absolute atomic E-state index is 11.7. The monoisotopic (exact) mass is 341 g/mol. The van der Waals surface area contributed by atoms with Gasteiger partial charge in [-0.3, -0.25) is 15.6 Å². The number of thiazole rings is 1. The molecule has 0 radical (unpaired) electrons.